The smallest absolute Gasteiger partial charge is 0.157 e. The second-order valence-corrected chi connectivity index (χ2v) is 7.30. The molecule has 3 heterocycles. The molecule has 9 heteroatoms. The van der Waals surface area contributed by atoms with Gasteiger partial charge in [0.15, 0.2) is 5.65 Å². The highest BCUT2D eigenvalue weighted by atomic mass is 16.6. The fourth-order valence-electron chi connectivity index (χ4n) is 3.51. The van der Waals surface area contributed by atoms with Gasteiger partial charge in [-0.3, -0.25) is 0 Å². The molecule has 0 saturated carbocycles. The van der Waals surface area contributed by atoms with Crippen LogP contribution < -0.4 is 10.2 Å². The Morgan fingerprint density at radius 1 is 1.03 bits per heavy atom. The molecular weight excluding hydrogens is 410 g/mol. The molecule has 32 heavy (non-hydrogen) atoms. The highest BCUT2D eigenvalue weighted by Gasteiger charge is 2.24. The average molecular weight is 454 g/mol. The van der Waals surface area contributed by atoms with E-state index in [0.29, 0.717) is 52.3 Å². The Labute approximate surface area is 193 Å². The zero-order valence-electron chi connectivity index (χ0n) is 20.2. The maximum Gasteiger partial charge on any atom is 0.157 e. The van der Waals surface area contributed by atoms with E-state index in [4.69, 9.17) is 23.9 Å². The van der Waals surface area contributed by atoms with Crippen molar-refractivity contribution < 1.29 is 20.4 Å². The number of aryl methyl sites for hydroxylation is 1. The minimum absolute atomic E-state index is 0. The number of ether oxygens (including phenoxy) is 4. The minimum Gasteiger partial charge on any atom is -0.379 e. The molecule has 1 aliphatic rings. The van der Waals surface area contributed by atoms with E-state index in [0.717, 1.165) is 49.7 Å². The van der Waals surface area contributed by atoms with Crippen LogP contribution in [0.25, 0.3) is 5.65 Å². The second kappa shape index (κ2) is 15.9. The quantitative estimate of drug-likeness (QED) is 0.412. The number of nitrogens with zero attached hydrogens (tertiary/aromatic N) is 4. The van der Waals surface area contributed by atoms with E-state index in [-0.39, 0.29) is 1.43 Å². The zero-order chi connectivity index (χ0) is 23.0. The zero-order valence-corrected chi connectivity index (χ0v) is 20.2. The molecule has 0 amide bonds. The van der Waals surface area contributed by atoms with Crippen molar-refractivity contribution in [3.8, 4) is 0 Å². The van der Waals surface area contributed by atoms with Crippen LogP contribution in [0.1, 0.15) is 34.2 Å². The van der Waals surface area contributed by atoms with Gasteiger partial charge in [0.2, 0.25) is 0 Å². The number of hydrogen-bond acceptors (Lipinski definition) is 8. The van der Waals surface area contributed by atoms with Crippen LogP contribution in [-0.2, 0) is 18.9 Å². The second-order valence-electron chi connectivity index (χ2n) is 7.30. The van der Waals surface area contributed by atoms with E-state index >= 15 is 0 Å². The molecule has 3 rings (SSSR count). The van der Waals surface area contributed by atoms with Gasteiger partial charge in [0.25, 0.3) is 0 Å². The minimum atomic E-state index is 0. The first-order chi connectivity index (χ1) is 15.8. The van der Waals surface area contributed by atoms with Crippen molar-refractivity contribution >= 4 is 11.5 Å². The molecule has 1 aliphatic heterocycles. The van der Waals surface area contributed by atoms with Crippen LogP contribution in [-0.4, -0.2) is 93.1 Å². The number of anilines is 1. The third-order valence-corrected chi connectivity index (χ3v) is 5.03. The highest BCUT2D eigenvalue weighted by Crippen LogP contribution is 2.22. The maximum atomic E-state index is 5.64. The lowest BCUT2D eigenvalue weighted by atomic mass is 10.2. The van der Waals surface area contributed by atoms with Crippen LogP contribution in [0.2, 0.25) is 0 Å². The summed E-state index contributed by atoms with van der Waals surface area (Å²) in [5.41, 5.74) is 2.04. The first-order valence-corrected chi connectivity index (χ1v) is 11.9. The highest BCUT2D eigenvalue weighted by molar-refractivity contribution is 5.53. The molecule has 2 aromatic heterocycles. The first kappa shape index (κ1) is 26.5. The van der Waals surface area contributed by atoms with Crippen molar-refractivity contribution in [1.29, 1.82) is 0 Å². The van der Waals surface area contributed by atoms with Crippen LogP contribution in [0.15, 0.2) is 18.5 Å². The first-order valence-electron chi connectivity index (χ1n) is 11.9. The van der Waals surface area contributed by atoms with Crippen molar-refractivity contribution in [2.75, 3.05) is 77.4 Å². The van der Waals surface area contributed by atoms with E-state index < -0.39 is 0 Å². The van der Waals surface area contributed by atoms with Gasteiger partial charge in [0, 0.05) is 51.5 Å². The van der Waals surface area contributed by atoms with Gasteiger partial charge in [-0.2, -0.15) is 5.10 Å². The molecule has 0 bridgehead atoms. The van der Waals surface area contributed by atoms with Crippen LogP contribution >= 0.6 is 0 Å². The van der Waals surface area contributed by atoms with Crippen LogP contribution in [0, 0.1) is 6.92 Å². The Morgan fingerprint density at radius 2 is 1.69 bits per heavy atom. The predicted octanol–water partition coefficient (Wildman–Crippen LogP) is 2.56. The summed E-state index contributed by atoms with van der Waals surface area (Å²) in [6.07, 6.45) is 4.93. The summed E-state index contributed by atoms with van der Waals surface area (Å²) in [6, 6.07) is 2.40. The molecule has 184 valence electrons. The average Bonchev–Trinajstić information content (AvgIpc) is 3.47. The van der Waals surface area contributed by atoms with E-state index in [9.17, 15) is 0 Å². The summed E-state index contributed by atoms with van der Waals surface area (Å²) < 4.78 is 23.5. The Kier molecular flexibility index (Phi) is 13.2. The van der Waals surface area contributed by atoms with Crippen molar-refractivity contribution in [1.82, 2.24) is 19.9 Å². The van der Waals surface area contributed by atoms with Gasteiger partial charge in [-0.1, -0.05) is 13.8 Å². The van der Waals surface area contributed by atoms with Crippen molar-refractivity contribution in [3.63, 3.8) is 0 Å². The summed E-state index contributed by atoms with van der Waals surface area (Å²) in [5, 5.41) is 7.84. The molecule has 1 fully saturated rings. The molecule has 2 aromatic rings. The van der Waals surface area contributed by atoms with Crippen molar-refractivity contribution in [2.45, 2.75) is 40.2 Å². The van der Waals surface area contributed by atoms with Crippen LogP contribution in [0.5, 0.6) is 0 Å². The normalized spacial score (nSPS) is 15.9. The maximum absolute atomic E-state index is 5.64. The summed E-state index contributed by atoms with van der Waals surface area (Å²) in [7, 11) is 0. The van der Waals surface area contributed by atoms with Gasteiger partial charge in [0.1, 0.15) is 5.82 Å². The van der Waals surface area contributed by atoms with E-state index in [1.54, 1.807) is 6.20 Å². The monoisotopic (exact) mass is 453 g/mol. The molecular formula is C23H43N5O4. The molecule has 0 unspecified atom stereocenters. The van der Waals surface area contributed by atoms with Gasteiger partial charge in [-0.25, -0.2) is 9.50 Å². The van der Waals surface area contributed by atoms with Gasteiger partial charge >= 0.3 is 0 Å². The lowest BCUT2D eigenvalue weighted by Gasteiger charge is -2.20. The SMILES string of the molecule is CC.CCOCCOCCOCCOCCN[C@H]1CCN(c2nc3ccnn3cc2C)C1.[HH]. The van der Waals surface area contributed by atoms with Crippen LogP contribution in [0.4, 0.5) is 5.82 Å². The molecule has 0 aromatic carbocycles. The van der Waals surface area contributed by atoms with Gasteiger partial charge < -0.3 is 29.2 Å². The molecule has 1 atom stereocenters. The third kappa shape index (κ3) is 8.99. The van der Waals surface area contributed by atoms with Crippen molar-refractivity contribution in [2.24, 2.45) is 0 Å². The Morgan fingerprint density at radius 3 is 2.38 bits per heavy atom. The largest absolute Gasteiger partial charge is 0.379 e. The number of rotatable bonds is 15. The number of hydrogen-bond donors (Lipinski definition) is 1. The predicted molar refractivity (Wildman–Crippen MR) is 129 cm³/mol. The molecule has 1 saturated heterocycles. The number of nitrogens with one attached hydrogen (secondary N) is 1. The number of fused-ring (bicyclic) bond motifs is 1. The van der Waals surface area contributed by atoms with Crippen molar-refractivity contribution in [3.05, 3.63) is 24.0 Å². The Balaban J connectivity index is 0.00000177. The molecule has 0 spiro atoms. The Hall–Kier alpha value is -1.78. The molecule has 0 radical (unpaired) electrons. The third-order valence-electron chi connectivity index (χ3n) is 5.03. The summed E-state index contributed by atoms with van der Waals surface area (Å²) in [4.78, 5) is 7.12. The number of aromatic nitrogens is 3. The van der Waals surface area contributed by atoms with Crippen LogP contribution in [0.3, 0.4) is 0 Å². The molecule has 0 aliphatic carbocycles. The van der Waals surface area contributed by atoms with E-state index in [1.165, 1.54) is 0 Å². The molecule has 1 N–H and O–H groups in total. The summed E-state index contributed by atoms with van der Waals surface area (Å²) in [5.74, 6) is 1.06. The topological polar surface area (TPSA) is 82.4 Å². The van der Waals surface area contributed by atoms with E-state index in [1.807, 2.05) is 37.5 Å². The lowest BCUT2D eigenvalue weighted by molar-refractivity contribution is -0.000216. The van der Waals surface area contributed by atoms with Gasteiger partial charge in [-0.05, 0) is 20.3 Å². The summed E-state index contributed by atoms with van der Waals surface area (Å²) >= 11 is 0. The fourth-order valence-corrected chi connectivity index (χ4v) is 3.51. The van der Waals surface area contributed by atoms with Gasteiger partial charge in [0.05, 0.1) is 52.4 Å². The lowest BCUT2D eigenvalue weighted by Crippen LogP contribution is -2.35. The summed E-state index contributed by atoms with van der Waals surface area (Å²) in [6.45, 7) is 15.9. The van der Waals surface area contributed by atoms with E-state index in [2.05, 4.69) is 22.2 Å². The Bertz CT molecular complexity index is 749. The fraction of sp³-hybridized carbons (Fsp3) is 0.739. The standard InChI is InChI=1S/C21H35N5O4.C2H6.H2/c1-3-27-10-11-29-14-15-30-13-12-28-9-7-22-19-5-8-25(17-19)21-18(2)16-26-20(24-21)4-6-23-26;1-2;/h4,6,16,19,22H,3,5,7-15,17H2,1-2H3;1-2H3;1H/t19-;;/m0../s1. The van der Waals surface area contributed by atoms with Gasteiger partial charge in [-0.15, -0.1) is 0 Å². The molecule has 9 nitrogen and oxygen atoms in total.